The van der Waals surface area contributed by atoms with E-state index in [-0.39, 0.29) is 6.61 Å². The second-order valence-corrected chi connectivity index (χ2v) is 5.25. The van der Waals surface area contributed by atoms with Crippen LogP contribution in [0.5, 0.6) is 0 Å². The van der Waals surface area contributed by atoms with E-state index in [2.05, 4.69) is 29.6 Å². The fourth-order valence-electron chi connectivity index (χ4n) is 2.09. The van der Waals surface area contributed by atoms with Crippen LogP contribution in [-0.2, 0) is 0 Å². The number of benzene rings is 1. The number of fused-ring (bicyclic) bond motifs is 1. The van der Waals surface area contributed by atoms with Gasteiger partial charge in [-0.05, 0) is 43.2 Å². The molecule has 1 aliphatic rings. The Balaban J connectivity index is 2.06. The van der Waals surface area contributed by atoms with Crippen LogP contribution in [0.15, 0.2) is 29.2 Å². The van der Waals surface area contributed by atoms with Crippen LogP contribution in [0.4, 0.5) is 0 Å². The van der Waals surface area contributed by atoms with Gasteiger partial charge in [-0.25, -0.2) is 0 Å². The lowest BCUT2D eigenvalue weighted by atomic mass is 10.0. The topological polar surface area (TPSA) is 32.3 Å². The van der Waals surface area contributed by atoms with Gasteiger partial charge in [0.2, 0.25) is 0 Å². The maximum Gasteiger partial charge on any atom is 0.0443 e. The molecule has 3 heteroatoms. The predicted molar refractivity (Wildman–Crippen MR) is 68.8 cm³/mol. The molecule has 2 nitrogen and oxygen atoms in total. The predicted octanol–water partition coefficient (Wildman–Crippen LogP) is 2.59. The molecular weight excluding hydrogens is 218 g/mol. The van der Waals surface area contributed by atoms with Crippen molar-refractivity contribution in [3.63, 3.8) is 0 Å². The van der Waals surface area contributed by atoms with Gasteiger partial charge in [0, 0.05) is 17.5 Å². The molecule has 0 spiro atoms. The standard InChI is InChI=1S/C13H19NOS/c15-9-4-8-14-12-6-3-10-16-13-7-2-1-5-11(12)13/h1-2,5,7,12,14-15H,3-4,6,8-10H2/t12-/m0/s1. The molecule has 88 valence electrons. The summed E-state index contributed by atoms with van der Waals surface area (Å²) in [6.07, 6.45) is 3.30. The molecule has 0 saturated heterocycles. The fourth-order valence-corrected chi connectivity index (χ4v) is 3.17. The van der Waals surface area contributed by atoms with E-state index in [1.165, 1.54) is 29.1 Å². The lowest BCUT2D eigenvalue weighted by molar-refractivity contribution is 0.282. The summed E-state index contributed by atoms with van der Waals surface area (Å²) in [7, 11) is 0. The molecule has 0 aromatic heterocycles. The van der Waals surface area contributed by atoms with E-state index in [1.54, 1.807) is 0 Å². The van der Waals surface area contributed by atoms with Gasteiger partial charge in [-0.1, -0.05) is 18.2 Å². The SMILES string of the molecule is OCCCN[C@H]1CCCSc2ccccc21. The Bertz CT molecular complexity index is 329. The van der Waals surface area contributed by atoms with E-state index < -0.39 is 0 Å². The van der Waals surface area contributed by atoms with Gasteiger partial charge < -0.3 is 10.4 Å². The summed E-state index contributed by atoms with van der Waals surface area (Å²) in [6, 6.07) is 9.14. The Morgan fingerprint density at radius 1 is 1.38 bits per heavy atom. The zero-order valence-corrected chi connectivity index (χ0v) is 10.3. The van der Waals surface area contributed by atoms with E-state index in [0.29, 0.717) is 6.04 Å². The van der Waals surface area contributed by atoms with Crippen LogP contribution in [0, 0.1) is 0 Å². The zero-order valence-electron chi connectivity index (χ0n) is 9.48. The minimum atomic E-state index is 0.274. The Morgan fingerprint density at radius 3 is 3.12 bits per heavy atom. The maximum absolute atomic E-state index is 8.80. The van der Waals surface area contributed by atoms with Crippen LogP contribution in [0.25, 0.3) is 0 Å². The third-order valence-electron chi connectivity index (χ3n) is 2.91. The van der Waals surface area contributed by atoms with Gasteiger partial charge in [-0.2, -0.15) is 0 Å². The summed E-state index contributed by atoms with van der Waals surface area (Å²) < 4.78 is 0. The highest BCUT2D eigenvalue weighted by molar-refractivity contribution is 7.99. The van der Waals surface area contributed by atoms with Crippen LogP contribution in [0.3, 0.4) is 0 Å². The summed E-state index contributed by atoms with van der Waals surface area (Å²) in [4.78, 5) is 1.42. The second kappa shape index (κ2) is 6.28. The van der Waals surface area contributed by atoms with Crippen molar-refractivity contribution >= 4 is 11.8 Å². The average Bonchev–Trinajstić information content (AvgIpc) is 2.52. The van der Waals surface area contributed by atoms with Crippen molar-refractivity contribution in [1.29, 1.82) is 0 Å². The molecule has 16 heavy (non-hydrogen) atoms. The first kappa shape index (κ1) is 12.0. The molecule has 0 aliphatic carbocycles. The number of aliphatic hydroxyl groups is 1. The van der Waals surface area contributed by atoms with Gasteiger partial charge in [0.25, 0.3) is 0 Å². The first-order valence-corrected chi connectivity index (χ1v) is 6.96. The van der Waals surface area contributed by atoms with Crippen LogP contribution in [0.2, 0.25) is 0 Å². The van der Waals surface area contributed by atoms with Crippen LogP contribution < -0.4 is 5.32 Å². The Hall–Kier alpha value is -0.510. The van der Waals surface area contributed by atoms with Gasteiger partial charge in [-0.15, -0.1) is 11.8 Å². The van der Waals surface area contributed by atoms with E-state index in [4.69, 9.17) is 5.11 Å². The Labute approximate surface area is 101 Å². The van der Waals surface area contributed by atoms with Crippen LogP contribution in [-0.4, -0.2) is 24.0 Å². The molecule has 2 rings (SSSR count). The summed E-state index contributed by atoms with van der Waals surface area (Å²) >= 11 is 1.96. The first-order chi connectivity index (χ1) is 7.92. The van der Waals surface area contributed by atoms with Gasteiger partial charge >= 0.3 is 0 Å². The molecule has 0 saturated carbocycles. The normalized spacial score (nSPS) is 20.2. The van der Waals surface area contributed by atoms with Crippen LogP contribution >= 0.6 is 11.8 Å². The molecule has 1 aromatic carbocycles. The number of nitrogens with one attached hydrogen (secondary N) is 1. The molecule has 0 bridgehead atoms. The molecule has 0 unspecified atom stereocenters. The zero-order chi connectivity index (χ0) is 11.2. The molecular formula is C13H19NOS. The van der Waals surface area contributed by atoms with Gasteiger partial charge in [0.15, 0.2) is 0 Å². The van der Waals surface area contributed by atoms with Crippen LogP contribution in [0.1, 0.15) is 30.9 Å². The van der Waals surface area contributed by atoms with Crippen molar-refractivity contribution in [2.24, 2.45) is 0 Å². The highest BCUT2D eigenvalue weighted by Crippen LogP contribution is 2.34. The largest absolute Gasteiger partial charge is 0.396 e. The van der Waals surface area contributed by atoms with Crippen molar-refractivity contribution in [3.8, 4) is 0 Å². The van der Waals surface area contributed by atoms with E-state index in [1.807, 2.05) is 11.8 Å². The van der Waals surface area contributed by atoms with Crippen molar-refractivity contribution < 1.29 is 5.11 Å². The van der Waals surface area contributed by atoms with E-state index in [9.17, 15) is 0 Å². The van der Waals surface area contributed by atoms with Gasteiger partial charge in [-0.3, -0.25) is 0 Å². The lowest BCUT2D eigenvalue weighted by Crippen LogP contribution is -2.23. The molecule has 0 radical (unpaired) electrons. The number of rotatable bonds is 4. The van der Waals surface area contributed by atoms with Crippen molar-refractivity contribution in [1.82, 2.24) is 5.32 Å². The number of aliphatic hydroxyl groups excluding tert-OH is 1. The minimum Gasteiger partial charge on any atom is -0.396 e. The third kappa shape index (κ3) is 3.00. The second-order valence-electron chi connectivity index (χ2n) is 4.11. The molecule has 1 aliphatic heterocycles. The van der Waals surface area contributed by atoms with Crippen molar-refractivity contribution in [3.05, 3.63) is 29.8 Å². The molecule has 1 aromatic rings. The number of thioether (sulfide) groups is 1. The van der Waals surface area contributed by atoms with Gasteiger partial charge in [0.05, 0.1) is 0 Å². The molecule has 0 amide bonds. The van der Waals surface area contributed by atoms with E-state index in [0.717, 1.165) is 13.0 Å². The Kier molecular flexibility index (Phi) is 4.69. The third-order valence-corrected chi connectivity index (χ3v) is 4.09. The monoisotopic (exact) mass is 237 g/mol. The van der Waals surface area contributed by atoms with E-state index >= 15 is 0 Å². The quantitative estimate of drug-likeness (QED) is 0.790. The smallest absolute Gasteiger partial charge is 0.0443 e. The summed E-state index contributed by atoms with van der Waals surface area (Å²) in [5.74, 6) is 1.22. The van der Waals surface area contributed by atoms with Crippen molar-refractivity contribution in [2.45, 2.75) is 30.2 Å². The highest BCUT2D eigenvalue weighted by atomic mass is 32.2. The van der Waals surface area contributed by atoms with Gasteiger partial charge in [0.1, 0.15) is 0 Å². The number of hydrogen-bond acceptors (Lipinski definition) is 3. The summed E-state index contributed by atoms with van der Waals surface area (Å²) in [5, 5.41) is 12.3. The first-order valence-electron chi connectivity index (χ1n) is 5.98. The average molecular weight is 237 g/mol. The van der Waals surface area contributed by atoms with Crippen molar-refractivity contribution in [2.75, 3.05) is 18.9 Å². The molecule has 0 fully saturated rings. The summed E-state index contributed by atoms with van der Waals surface area (Å²) in [6.45, 7) is 1.18. The Morgan fingerprint density at radius 2 is 2.25 bits per heavy atom. The molecule has 2 N–H and O–H groups in total. The fraction of sp³-hybridized carbons (Fsp3) is 0.538. The minimum absolute atomic E-state index is 0.274. The summed E-state index contributed by atoms with van der Waals surface area (Å²) in [5.41, 5.74) is 1.43. The lowest BCUT2D eigenvalue weighted by Gasteiger charge is -2.18. The maximum atomic E-state index is 8.80. The number of hydrogen-bond donors (Lipinski definition) is 2. The molecule has 1 atom stereocenters. The molecule has 1 heterocycles. The highest BCUT2D eigenvalue weighted by Gasteiger charge is 2.17.